The van der Waals surface area contributed by atoms with E-state index in [0.29, 0.717) is 9.23 Å². The largest absolute Gasteiger partial charge is 0.395 e. The van der Waals surface area contributed by atoms with E-state index in [0.717, 1.165) is 5.56 Å². The molecule has 2 aromatic carbocycles. The van der Waals surface area contributed by atoms with Gasteiger partial charge in [-0.05, 0) is 36.3 Å². The Bertz CT molecular complexity index is 1100. The van der Waals surface area contributed by atoms with Crippen molar-refractivity contribution in [2.75, 3.05) is 13.2 Å². The van der Waals surface area contributed by atoms with E-state index in [9.17, 15) is 4.79 Å². The lowest BCUT2D eigenvalue weighted by Crippen LogP contribution is -2.30. The fourth-order valence-electron chi connectivity index (χ4n) is 3.54. The smallest absolute Gasteiger partial charge is 0.266 e. The Kier molecular flexibility index (Phi) is 4.34. The number of hydrogen-bond donors (Lipinski definition) is 1. The SMILES string of the molecule is Cc1cccc2c3cc(/C=C4\SC(=S)N(CCO)C4=O)ccc3n(C)c12. The van der Waals surface area contributed by atoms with Crippen LogP contribution in [0, 0.1) is 6.92 Å². The van der Waals surface area contributed by atoms with Crippen LogP contribution in [0.3, 0.4) is 0 Å². The minimum absolute atomic E-state index is 0.0962. The summed E-state index contributed by atoms with van der Waals surface area (Å²) in [6.45, 7) is 2.26. The number of β-amino-alcohol motifs (C(OH)–C–C–N with tert-alkyl or cyclic N) is 1. The van der Waals surface area contributed by atoms with E-state index in [-0.39, 0.29) is 19.1 Å². The van der Waals surface area contributed by atoms with Crippen molar-refractivity contribution in [1.29, 1.82) is 0 Å². The molecule has 6 heteroatoms. The van der Waals surface area contributed by atoms with Crippen LogP contribution < -0.4 is 0 Å². The highest BCUT2D eigenvalue weighted by atomic mass is 32.2. The predicted molar refractivity (Wildman–Crippen MR) is 112 cm³/mol. The lowest BCUT2D eigenvalue weighted by Gasteiger charge is -2.11. The molecule has 0 aliphatic carbocycles. The number of amides is 1. The van der Waals surface area contributed by atoms with Crippen LogP contribution in [0.5, 0.6) is 0 Å². The van der Waals surface area contributed by atoms with Crippen molar-refractivity contribution in [2.24, 2.45) is 7.05 Å². The van der Waals surface area contributed by atoms with Gasteiger partial charge in [0.05, 0.1) is 23.6 Å². The number of benzene rings is 2. The van der Waals surface area contributed by atoms with E-state index in [1.54, 1.807) is 0 Å². The maximum atomic E-state index is 12.5. The molecule has 0 spiro atoms. The van der Waals surface area contributed by atoms with Crippen LogP contribution in [0.2, 0.25) is 0 Å². The molecule has 1 aliphatic rings. The molecule has 132 valence electrons. The number of aromatic nitrogens is 1. The number of fused-ring (bicyclic) bond motifs is 3. The molecule has 0 saturated carbocycles. The molecule has 1 saturated heterocycles. The number of aryl methyl sites for hydroxylation is 2. The van der Waals surface area contributed by atoms with Crippen molar-refractivity contribution in [2.45, 2.75) is 6.92 Å². The molecule has 0 unspecified atom stereocenters. The average Bonchev–Trinajstić information content (AvgIpc) is 3.05. The van der Waals surface area contributed by atoms with Gasteiger partial charge in [0.25, 0.3) is 5.91 Å². The van der Waals surface area contributed by atoms with E-state index < -0.39 is 0 Å². The minimum atomic E-state index is -0.136. The van der Waals surface area contributed by atoms with Gasteiger partial charge in [0.1, 0.15) is 4.32 Å². The summed E-state index contributed by atoms with van der Waals surface area (Å²) in [7, 11) is 2.08. The molecular formula is C20H18N2O2S2. The number of nitrogens with zero attached hydrogens (tertiary/aromatic N) is 2. The van der Waals surface area contributed by atoms with E-state index in [2.05, 4.69) is 48.9 Å². The Hall–Kier alpha value is -2.15. The first-order valence-corrected chi connectivity index (χ1v) is 9.57. The normalized spacial score (nSPS) is 16.6. The van der Waals surface area contributed by atoms with Gasteiger partial charge in [0.15, 0.2) is 0 Å². The Morgan fingerprint density at radius 1 is 1.23 bits per heavy atom. The van der Waals surface area contributed by atoms with Crippen LogP contribution in [0.25, 0.3) is 27.9 Å². The predicted octanol–water partition coefficient (Wildman–Crippen LogP) is 3.83. The highest BCUT2D eigenvalue weighted by Crippen LogP contribution is 2.34. The van der Waals surface area contributed by atoms with Crippen LogP contribution in [0.1, 0.15) is 11.1 Å². The third kappa shape index (κ3) is 2.65. The lowest BCUT2D eigenvalue weighted by atomic mass is 10.1. The lowest BCUT2D eigenvalue weighted by molar-refractivity contribution is -0.122. The Labute approximate surface area is 161 Å². The van der Waals surface area contributed by atoms with Gasteiger partial charge in [-0.3, -0.25) is 9.69 Å². The number of carbonyl (C=O) groups excluding carboxylic acids is 1. The molecule has 0 radical (unpaired) electrons. The summed E-state index contributed by atoms with van der Waals surface area (Å²) in [5.74, 6) is -0.136. The first kappa shape index (κ1) is 17.3. The van der Waals surface area contributed by atoms with Gasteiger partial charge in [0.2, 0.25) is 0 Å². The van der Waals surface area contributed by atoms with Crippen molar-refractivity contribution < 1.29 is 9.90 Å². The molecule has 4 rings (SSSR count). The zero-order chi connectivity index (χ0) is 18.4. The van der Waals surface area contributed by atoms with Gasteiger partial charge in [-0.15, -0.1) is 0 Å². The highest BCUT2D eigenvalue weighted by molar-refractivity contribution is 8.26. The third-order valence-corrected chi connectivity index (χ3v) is 6.12. The molecule has 26 heavy (non-hydrogen) atoms. The zero-order valence-corrected chi connectivity index (χ0v) is 16.2. The number of thiocarbonyl (C=S) groups is 1. The standard InChI is InChI=1S/C20H18N2O2S2/c1-12-4-3-5-14-15-10-13(6-7-16(15)21(2)18(12)14)11-17-19(24)22(8-9-23)20(25)26-17/h3-7,10-11,23H,8-9H2,1-2H3/b17-11-. The molecule has 3 aromatic rings. The molecule has 1 fully saturated rings. The molecule has 4 nitrogen and oxygen atoms in total. The molecule has 0 bridgehead atoms. The summed E-state index contributed by atoms with van der Waals surface area (Å²) >= 11 is 6.53. The van der Waals surface area contributed by atoms with E-state index >= 15 is 0 Å². The number of carbonyl (C=O) groups is 1. The van der Waals surface area contributed by atoms with Crippen molar-refractivity contribution in [3.63, 3.8) is 0 Å². The Morgan fingerprint density at radius 3 is 2.81 bits per heavy atom. The summed E-state index contributed by atoms with van der Waals surface area (Å²) in [6.07, 6.45) is 1.88. The zero-order valence-electron chi connectivity index (χ0n) is 14.5. The van der Waals surface area contributed by atoms with Crippen molar-refractivity contribution in [1.82, 2.24) is 9.47 Å². The Morgan fingerprint density at radius 2 is 2.04 bits per heavy atom. The summed E-state index contributed by atoms with van der Waals surface area (Å²) in [5, 5.41) is 11.5. The second kappa shape index (κ2) is 6.54. The monoisotopic (exact) mass is 382 g/mol. The van der Waals surface area contributed by atoms with E-state index in [1.165, 1.54) is 44.0 Å². The molecule has 2 heterocycles. The number of aliphatic hydroxyl groups excluding tert-OH is 1. The van der Waals surface area contributed by atoms with Crippen LogP contribution in [0.4, 0.5) is 0 Å². The maximum absolute atomic E-state index is 12.5. The number of para-hydroxylation sites is 1. The fraction of sp³-hybridized carbons (Fsp3) is 0.200. The Balaban J connectivity index is 1.82. The molecule has 1 N–H and O–H groups in total. The fourth-order valence-corrected chi connectivity index (χ4v) is 4.85. The molecule has 1 amide bonds. The van der Waals surface area contributed by atoms with Gasteiger partial charge in [-0.2, -0.15) is 0 Å². The van der Waals surface area contributed by atoms with Crippen LogP contribution in [-0.4, -0.2) is 38.0 Å². The molecule has 1 aliphatic heterocycles. The summed E-state index contributed by atoms with van der Waals surface area (Å²) in [6, 6.07) is 12.6. The van der Waals surface area contributed by atoms with Gasteiger partial charge < -0.3 is 9.67 Å². The molecule has 1 aromatic heterocycles. The minimum Gasteiger partial charge on any atom is -0.395 e. The van der Waals surface area contributed by atoms with Gasteiger partial charge in [0, 0.05) is 23.3 Å². The van der Waals surface area contributed by atoms with Gasteiger partial charge >= 0.3 is 0 Å². The van der Waals surface area contributed by atoms with E-state index in [1.807, 2.05) is 12.1 Å². The second-order valence-electron chi connectivity index (χ2n) is 6.36. The van der Waals surface area contributed by atoms with Crippen molar-refractivity contribution in [3.05, 3.63) is 52.4 Å². The van der Waals surface area contributed by atoms with Crippen molar-refractivity contribution in [3.8, 4) is 0 Å². The summed E-state index contributed by atoms with van der Waals surface area (Å²) in [5.41, 5.74) is 4.61. The maximum Gasteiger partial charge on any atom is 0.266 e. The second-order valence-corrected chi connectivity index (χ2v) is 8.04. The summed E-state index contributed by atoms with van der Waals surface area (Å²) in [4.78, 5) is 14.5. The first-order chi connectivity index (χ1) is 12.5. The molecular weight excluding hydrogens is 364 g/mol. The first-order valence-electron chi connectivity index (χ1n) is 8.35. The van der Waals surface area contributed by atoms with E-state index in [4.69, 9.17) is 17.3 Å². The summed E-state index contributed by atoms with van der Waals surface area (Å²) < 4.78 is 2.71. The van der Waals surface area contributed by atoms with Crippen LogP contribution >= 0.6 is 24.0 Å². The topological polar surface area (TPSA) is 45.5 Å². The quantitative estimate of drug-likeness (QED) is 0.552. The van der Waals surface area contributed by atoms with Gasteiger partial charge in [-0.25, -0.2) is 0 Å². The number of thioether (sulfide) groups is 1. The number of aliphatic hydroxyl groups is 1. The third-order valence-electron chi connectivity index (χ3n) is 4.74. The number of hydrogen-bond acceptors (Lipinski definition) is 4. The van der Waals surface area contributed by atoms with Crippen LogP contribution in [0.15, 0.2) is 41.3 Å². The van der Waals surface area contributed by atoms with Crippen LogP contribution in [-0.2, 0) is 11.8 Å². The van der Waals surface area contributed by atoms with Gasteiger partial charge in [-0.1, -0.05) is 48.2 Å². The molecule has 0 atom stereocenters. The highest BCUT2D eigenvalue weighted by Gasteiger charge is 2.31. The van der Waals surface area contributed by atoms with Crippen molar-refractivity contribution >= 4 is 62.1 Å². The number of rotatable bonds is 3. The average molecular weight is 383 g/mol.